The molecule has 0 aromatic heterocycles. The van der Waals surface area contributed by atoms with Gasteiger partial charge in [0.25, 0.3) is 0 Å². The normalized spacial score (nSPS) is 22.3. The lowest BCUT2D eigenvalue weighted by Gasteiger charge is -2.24. The molecule has 5 heteroatoms. The van der Waals surface area contributed by atoms with Crippen LogP contribution in [-0.4, -0.2) is 43.1 Å². The van der Waals surface area contributed by atoms with Gasteiger partial charge >= 0.3 is 0 Å². The summed E-state index contributed by atoms with van der Waals surface area (Å²) in [5, 5.41) is 8.69. The maximum absolute atomic E-state index is 12.2. The molecule has 1 N–H and O–H groups in total. The number of benzene rings is 1. The van der Waals surface area contributed by atoms with Crippen LogP contribution in [0.5, 0.6) is 5.75 Å². The second kappa shape index (κ2) is 7.84. The van der Waals surface area contributed by atoms with Crippen molar-refractivity contribution in [2.45, 2.75) is 25.2 Å². The van der Waals surface area contributed by atoms with Gasteiger partial charge in [0.15, 0.2) is 0 Å². The van der Waals surface area contributed by atoms with Crippen molar-refractivity contribution < 1.29 is 19.4 Å². The molecule has 0 unspecified atom stereocenters. The van der Waals surface area contributed by atoms with E-state index in [0.717, 1.165) is 11.3 Å². The summed E-state index contributed by atoms with van der Waals surface area (Å²) in [5.41, 5.74) is 0.984. The number of methoxy groups -OCH3 is 1. The molecule has 22 heavy (non-hydrogen) atoms. The first-order chi connectivity index (χ1) is 10.7. The second-order valence-electron chi connectivity index (χ2n) is 5.42. The summed E-state index contributed by atoms with van der Waals surface area (Å²) in [6, 6.07) is 7.49. The number of aliphatic imine (C=N–C) groups is 1. The zero-order valence-electron chi connectivity index (χ0n) is 12.7. The third-order valence-electron chi connectivity index (χ3n) is 3.88. The zero-order chi connectivity index (χ0) is 15.9. The van der Waals surface area contributed by atoms with Crippen molar-refractivity contribution in [1.29, 1.82) is 0 Å². The molecule has 2 rings (SSSR count). The topological polar surface area (TPSA) is 76.0 Å². The smallest absolute Gasteiger partial charge is 0.149 e. The minimum Gasteiger partial charge on any atom is -0.497 e. The monoisotopic (exact) mass is 303 g/mol. The Morgan fingerprint density at radius 1 is 1.23 bits per heavy atom. The number of aliphatic hydroxyl groups excluding tert-OH is 1. The highest BCUT2D eigenvalue weighted by Crippen LogP contribution is 2.32. The van der Waals surface area contributed by atoms with E-state index in [1.807, 2.05) is 24.3 Å². The first kappa shape index (κ1) is 16.4. The molecular formula is C17H21NO4. The highest BCUT2D eigenvalue weighted by molar-refractivity contribution is 6.16. The molecule has 0 amide bonds. The summed E-state index contributed by atoms with van der Waals surface area (Å²) in [4.78, 5) is 28.4. The van der Waals surface area contributed by atoms with Crippen molar-refractivity contribution in [2.75, 3.05) is 20.3 Å². The summed E-state index contributed by atoms with van der Waals surface area (Å²) >= 11 is 0. The Kier molecular flexibility index (Phi) is 5.83. The molecular weight excluding hydrogens is 282 g/mol. The first-order valence-electron chi connectivity index (χ1n) is 7.46. The molecule has 0 heterocycles. The fraction of sp³-hybridized carbons (Fsp3) is 0.471. The van der Waals surface area contributed by atoms with E-state index in [0.29, 0.717) is 25.8 Å². The van der Waals surface area contributed by atoms with Crippen LogP contribution in [-0.2, 0) is 9.59 Å². The van der Waals surface area contributed by atoms with Crippen LogP contribution in [0.25, 0.3) is 0 Å². The molecule has 118 valence electrons. The maximum Gasteiger partial charge on any atom is 0.149 e. The number of ketones is 2. The number of carbonyl (C=O) groups excluding carboxylic acids is 2. The number of rotatable bonds is 6. The molecule has 0 radical (unpaired) electrons. The zero-order valence-corrected chi connectivity index (χ0v) is 12.7. The molecule has 0 aliphatic heterocycles. The fourth-order valence-electron chi connectivity index (χ4n) is 2.61. The average Bonchev–Trinajstić information content (AvgIpc) is 2.53. The van der Waals surface area contributed by atoms with Gasteiger partial charge in [-0.05, 0) is 30.0 Å². The van der Waals surface area contributed by atoms with E-state index in [1.54, 1.807) is 7.11 Å². The molecule has 1 aromatic carbocycles. The van der Waals surface area contributed by atoms with Crippen LogP contribution in [0.15, 0.2) is 29.3 Å². The van der Waals surface area contributed by atoms with E-state index in [9.17, 15) is 9.59 Å². The molecule has 1 saturated carbocycles. The lowest BCUT2D eigenvalue weighted by atomic mass is 9.77. The number of Topliss-reactive ketones (excluding diaryl/α,β-unsaturated/α-hetero) is 2. The molecule has 5 nitrogen and oxygen atoms in total. The Labute approximate surface area is 130 Å². The summed E-state index contributed by atoms with van der Waals surface area (Å²) in [6.07, 6.45) is 2.70. The Morgan fingerprint density at radius 2 is 1.86 bits per heavy atom. The van der Waals surface area contributed by atoms with Crippen molar-refractivity contribution in [3.05, 3.63) is 29.8 Å². The van der Waals surface area contributed by atoms with Crippen LogP contribution in [0.3, 0.4) is 0 Å². The van der Waals surface area contributed by atoms with Gasteiger partial charge in [-0.15, -0.1) is 0 Å². The number of hydrogen-bond donors (Lipinski definition) is 1. The van der Waals surface area contributed by atoms with Crippen LogP contribution < -0.4 is 4.74 Å². The Hall–Kier alpha value is -2.01. The SMILES string of the molecule is COc1ccc(C2CC(=O)C(C=NCCCO)C(=O)C2)cc1. The number of hydrogen-bond acceptors (Lipinski definition) is 5. The molecule has 0 bridgehead atoms. The minimum absolute atomic E-state index is 0.0590. The number of ether oxygens (including phenoxy) is 1. The van der Waals surface area contributed by atoms with E-state index in [1.165, 1.54) is 6.21 Å². The van der Waals surface area contributed by atoms with E-state index in [4.69, 9.17) is 9.84 Å². The standard InChI is InChI=1S/C17H21NO4/c1-22-14-5-3-12(4-6-14)13-9-16(20)15(17(21)10-13)11-18-7-2-8-19/h3-6,11,13,15,19H,2,7-10H2,1H3. The van der Waals surface area contributed by atoms with Gasteiger partial charge in [0.05, 0.1) is 7.11 Å². The highest BCUT2D eigenvalue weighted by atomic mass is 16.5. The third kappa shape index (κ3) is 4.01. The van der Waals surface area contributed by atoms with Crippen LogP contribution in [0.4, 0.5) is 0 Å². The predicted octanol–water partition coefficient (Wildman–Crippen LogP) is 1.78. The molecule has 0 atom stereocenters. The van der Waals surface area contributed by atoms with Gasteiger partial charge in [-0.3, -0.25) is 14.6 Å². The number of nitrogens with zero attached hydrogens (tertiary/aromatic N) is 1. The Balaban J connectivity index is 2.01. The van der Waals surface area contributed by atoms with Gasteiger partial charge in [0, 0.05) is 32.2 Å². The quantitative estimate of drug-likeness (QED) is 0.494. The lowest BCUT2D eigenvalue weighted by molar-refractivity contribution is -0.133. The minimum atomic E-state index is -0.715. The molecule has 0 spiro atoms. The van der Waals surface area contributed by atoms with Gasteiger partial charge < -0.3 is 9.84 Å². The van der Waals surface area contributed by atoms with E-state index in [-0.39, 0.29) is 24.1 Å². The average molecular weight is 303 g/mol. The maximum atomic E-state index is 12.2. The largest absolute Gasteiger partial charge is 0.497 e. The summed E-state index contributed by atoms with van der Waals surface area (Å²) in [6.45, 7) is 0.499. The van der Waals surface area contributed by atoms with Gasteiger partial charge in [-0.2, -0.15) is 0 Å². The summed E-state index contributed by atoms with van der Waals surface area (Å²) in [5.74, 6) is -0.179. The van der Waals surface area contributed by atoms with Crippen molar-refractivity contribution in [2.24, 2.45) is 10.9 Å². The van der Waals surface area contributed by atoms with Crippen LogP contribution in [0, 0.1) is 5.92 Å². The van der Waals surface area contributed by atoms with Crippen molar-refractivity contribution in [1.82, 2.24) is 0 Å². The van der Waals surface area contributed by atoms with Gasteiger partial charge in [0.2, 0.25) is 0 Å². The fourth-order valence-corrected chi connectivity index (χ4v) is 2.61. The van der Waals surface area contributed by atoms with E-state index in [2.05, 4.69) is 4.99 Å². The molecule has 1 aromatic rings. The van der Waals surface area contributed by atoms with Crippen LogP contribution >= 0.6 is 0 Å². The van der Waals surface area contributed by atoms with Crippen molar-refractivity contribution in [3.8, 4) is 5.75 Å². The summed E-state index contributed by atoms with van der Waals surface area (Å²) in [7, 11) is 1.60. The molecule has 1 aliphatic carbocycles. The Bertz CT molecular complexity index is 532. The number of aliphatic hydroxyl groups is 1. The lowest BCUT2D eigenvalue weighted by Crippen LogP contribution is -2.33. The van der Waals surface area contributed by atoms with Gasteiger partial charge in [-0.25, -0.2) is 0 Å². The van der Waals surface area contributed by atoms with Crippen LogP contribution in [0.2, 0.25) is 0 Å². The van der Waals surface area contributed by atoms with Gasteiger partial charge in [-0.1, -0.05) is 12.1 Å². The highest BCUT2D eigenvalue weighted by Gasteiger charge is 2.34. The van der Waals surface area contributed by atoms with Crippen molar-refractivity contribution in [3.63, 3.8) is 0 Å². The summed E-state index contributed by atoms with van der Waals surface area (Å²) < 4.78 is 5.11. The van der Waals surface area contributed by atoms with E-state index < -0.39 is 5.92 Å². The number of carbonyl (C=O) groups is 2. The van der Waals surface area contributed by atoms with Crippen LogP contribution in [0.1, 0.15) is 30.7 Å². The molecule has 1 fully saturated rings. The predicted molar refractivity (Wildman–Crippen MR) is 83.5 cm³/mol. The first-order valence-corrected chi connectivity index (χ1v) is 7.46. The molecule has 0 saturated heterocycles. The third-order valence-corrected chi connectivity index (χ3v) is 3.88. The van der Waals surface area contributed by atoms with E-state index >= 15 is 0 Å². The Morgan fingerprint density at radius 3 is 2.41 bits per heavy atom. The van der Waals surface area contributed by atoms with Crippen molar-refractivity contribution >= 4 is 17.8 Å². The molecule has 1 aliphatic rings. The second-order valence-corrected chi connectivity index (χ2v) is 5.42. The van der Waals surface area contributed by atoms with Gasteiger partial charge in [0.1, 0.15) is 23.2 Å².